The van der Waals surface area contributed by atoms with Crippen LogP contribution in [0.1, 0.15) is 36.2 Å². The minimum absolute atomic E-state index is 0.0126. The van der Waals surface area contributed by atoms with E-state index in [-0.39, 0.29) is 11.9 Å². The van der Waals surface area contributed by atoms with Gasteiger partial charge in [-0.15, -0.1) is 0 Å². The maximum Gasteiger partial charge on any atom is 0.251 e. The molecule has 3 rings (SSSR count). The summed E-state index contributed by atoms with van der Waals surface area (Å²) in [6.07, 6.45) is 5.39. The van der Waals surface area contributed by atoms with Gasteiger partial charge in [-0.1, -0.05) is 6.08 Å². The van der Waals surface area contributed by atoms with Gasteiger partial charge in [-0.05, 0) is 51.1 Å². The third kappa shape index (κ3) is 2.92. The largest absolute Gasteiger partial charge is 0.361 e. The third-order valence-electron chi connectivity index (χ3n) is 4.12. The van der Waals surface area contributed by atoms with Crippen molar-refractivity contribution in [3.63, 3.8) is 0 Å². The van der Waals surface area contributed by atoms with Crippen LogP contribution in [0.5, 0.6) is 0 Å². The van der Waals surface area contributed by atoms with E-state index < -0.39 is 0 Å². The van der Waals surface area contributed by atoms with E-state index in [1.807, 2.05) is 32.0 Å². The van der Waals surface area contributed by atoms with Gasteiger partial charge in [0.15, 0.2) is 0 Å². The maximum absolute atomic E-state index is 12.2. The highest BCUT2D eigenvalue weighted by Gasteiger charge is 2.15. The Morgan fingerprint density at radius 2 is 2.18 bits per heavy atom. The van der Waals surface area contributed by atoms with Crippen molar-refractivity contribution >= 4 is 22.4 Å². The number of aromatic nitrogens is 1. The van der Waals surface area contributed by atoms with E-state index in [1.165, 1.54) is 11.1 Å². The predicted octanol–water partition coefficient (Wildman–Crippen LogP) is 3.03. The fourth-order valence-corrected chi connectivity index (χ4v) is 2.89. The number of aromatic amines is 1. The molecule has 1 amide bonds. The summed E-state index contributed by atoms with van der Waals surface area (Å²) in [5, 5.41) is 4.08. The second-order valence-corrected chi connectivity index (χ2v) is 6.33. The monoisotopic (exact) mass is 297 g/mol. The first kappa shape index (κ1) is 14.9. The van der Waals surface area contributed by atoms with Crippen molar-refractivity contribution in [3.8, 4) is 0 Å². The molecule has 1 aromatic carbocycles. The number of benzene rings is 1. The zero-order valence-corrected chi connectivity index (χ0v) is 13.4. The average Bonchev–Trinajstić information content (AvgIpc) is 2.90. The van der Waals surface area contributed by atoms with Crippen LogP contribution in [0.2, 0.25) is 0 Å². The van der Waals surface area contributed by atoms with Crippen LogP contribution in [0.3, 0.4) is 0 Å². The molecule has 1 aromatic heterocycles. The smallest absolute Gasteiger partial charge is 0.251 e. The highest BCUT2D eigenvalue weighted by Crippen LogP contribution is 2.29. The van der Waals surface area contributed by atoms with Gasteiger partial charge in [0, 0.05) is 47.4 Å². The normalized spacial score (nSPS) is 16.1. The number of fused-ring (bicyclic) bond motifs is 1. The minimum Gasteiger partial charge on any atom is -0.361 e. The number of H-pyrrole nitrogens is 1. The Morgan fingerprint density at radius 3 is 2.86 bits per heavy atom. The van der Waals surface area contributed by atoms with E-state index in [9.17, 15) is 4.79 Å². The second kappa shape index (κ2) is 5.97. The summed E-state index contributed by atoms with van der Waals surface area (Å²) >= 11 is 0. The summed E-state index contributed by atoms with van der Waals surface area (Å²) in [5.74, 6) is -0.0126. The number of nitrogens with zero attached hydrogens (tertiary/aromatic N) is 1. The van der Waals surface area contributed by atoms with E-state index in [0.29, 0.717) is 0 Å². The first-order valence-corrected chi connectivity index (χ1v) is 7.84. The van der Waals surface area contributed by atoms with Crippen molar-refractivity contribution in [1.29, 1.82) is 0 Å². The molecule has 22 heavy (non-hydrogen) atoms. The molecule has 0 spiro atoms. The molecule has 0 atom stereocenters. The highest BCUT2D eigenvalue weighted by atomic mass is 16.1. The molecule has 0 unspecified atom stereocenters. The molecular weight excluding hydrogens is 274 g/mol. The van der Waals surface area contributed by atoms with Crippen LogP contribution in [0, 0.1) is 0 Å². The molecule has 2 heterocycles. The summed E-state index contributed by atoms with van der Waals surface area (Å²) in [5.41, 5.74) is 4.39. The molecule has 0 saturated heterocycles. The van der Waals surface area contributed by atoms with Gasteiger partial charge in [-0.2, -0.15) is 0 Å². The maximum atomic E-state index is 12.2. The molecule has 4 heteroatoms. The van der Waals surface area contributed by atoms with Crippen LogP contribution in [-0.4, -0.2) is 42.0 Å². The summed E-state index contributed by atoms with van der Waals surface area (Å²) < 4.78 is 0. The van der Waals surface area contributed by atoms with Gasteiger partial charge in [0.2, 0.25) is 0 Å². The lowest BCUT2D eigenvalue weighted by atomic mass is 9.98. The van der Waals surface area contributed by atoms with Gasteiger partial charge in [0.05, 0.1) is 0 Å². The fraction of sp³-hybridized carbons (Fsp3) is 0.389. The first-order chi connectivity index (χ1) is 10.5. The molecule has 0 aliphatic carbocycles. The molecule has 0 fully saturated rings. The van der Waals surface area contributed by atoms with Crippen molar-refractivity contribution < 1.29 is 4.79 Å². The number of nitrogens with one attached hydrogen (secondary N) is 2. The van der Waals surface area contributed by atoms with Gasteiger partial charge < -0.3 is 15.2 Å². The molecule has 2 N–H and O–H groups in total. The Hall–Kier alpha value is -2.07. The number of hydrogen-bond donors (Lipinski definition) is 2. The second-order valence-electron chi connectivity index (χ2n) is 6.33. The van der Waals surface area contributed by atoms with Crippen molar-refractivity contribution in [1.82, 2.24) is 15.2 Å². The minimum atomic E-state index is -0.0126. The summed E-state index contributed by atoms with van der Waals surface area (Å²) in [4.78, 5) is 17.8. The van der Waals surface area contributed by atoms with E-state index in [0.717, 1.165) is 36.0 Å². The van der Waals surface area contributed by atoms with Crippen LogP contribution in [-0.2, 0) is 0 Å². The van der Waals surface area contributed by atoms with Crippen LogP contribution < -0.4 is 5.32 Å². The van der Waals surface area contributed by atoms with Gasteiger partial charge in [0.25, 0.3) is 5.91 Å². The van der Waals surface area contributed by atoms with E-state index in [1.54, 1.807) is 0 Å². The number of carbonyl (C=O) groups excluding carboxylic acids is 1. The molecule has 1 aliphatic heterocycles. The first-order valence-electron chi connectivity index (χ1n) is 7.84. The van der Waals surface area contributed by atoms with Crippen molar-refractivity contribution in [2.75, 3.05) is 20.1 Å². The van der Waals surface area contributed by atoms with E-state index in [2.05, 4.69) is 34.5 Å². The third-order valence-corrected chi connectivity index (χ3v) is 4.12. The van der Waals surface area contributed by atoms with Crippen molar-refractivity contribution in [2.45, 2.75) is 26.3 Å². The van der Waals surface area contributed by atoms with Crippen LogP contribution in [0.15, 0.2) is 30.5 Å². The van der Waals surface area contributed by atoms with Crippen LogP contribution in [0.4, 0.5) is 0 Å². The lowest BCUT2D eigenvalue weighted by Crippen LogP contribution is -2.29. The van der Waals surface area contributed by atoms with E-state index in [4.69, 9.17) is 0 Å². The zero-order chi connectivity index (χ0) is 15.7. The molecule has 0 saturated carbocycles. The van der Waals surface area contributed by atoms with Crippen LogP contribution >= 0.6 is 0 Å². The number of carbonyl (C=O) groups is 1. The summed E-state index contributed by atoms with van der Waals surface area (Å²) in [6, 6.07) is 6.01. The lowest BCUT2D eigenvalue weighted by molar-refractivity contribution is 0.0943. The zero-order valence-electron chi connectivity index (χ0n) is 13.4. The number of likely N-dealkylation sites (N-methyl/N-ethyl adjacent to an activating group) is 1. The predicted molar refractivity (Wildman–Crippen MR) is 91.0 cm³/mol. The number of hydrogen-bond acceptors (Lipinski definition) is 2. The number of rotatable bonds is 3. The van der Waals surface area contributed by atoms with Gasteiger partial charge in [0.1, 0.15) is 0 Å². The van der Waals surface area contributed by atoms with Crippen LogP contribution in [0.25, 0.3) is 16.5 Å². The SMILES string of the molecule is CC(C)NC(=O)c1ccc2[nH]cc(C3=CCN(C)CC3)c2c1. The standard InChI is InChI=1S/C18H23N3O/c1-12(2)20-18(22)14-4-5-17-15(10-14)16(11-19-17)13-6-8-21(3)9-7-13/h4-6,10-12,19H,7-9H2,1-3H3,(H,20,22). The van der Waals surface area contributed by atoms with Crippen molar-refractivity contribution in [2.24, 2.45) is 0 Å². The fourth-order valence-electron chi connectivity index (χ4n) is 2.89. The number of amides is 1. The molecule has 116 valence electrons. The molecule has 1 aliphatic rings. The van der Waals surface area contributed by atoms with E-state index >= 15 is 0 Å². The highest BCUT2D eigenvalue weighted by molar-refractivity contribution is 6.01. The van der Waals surface area contributed by atoms with Gasteiger partial charge >= 0.3 is 0 Å². The molecule has 0 radical (unpaired) electrons. The van der Waals surface area contributed by atoms with Crippen molar-refractivity contribution in [3.05, 3.63) is 41.6 Å². The quantitative estimate of drug-likeness (QED) is 0.915. The Labute approximate surface area is 131 Å². The Kier molecular flexibility index (Phi) is 4.03. The van der Waals surface area contributed by atoms with Gasteiger partial charge in [-0.25, -0.2) is 0 Å². The van der Waals surface area contributed by atoms with Gasteiger partial charge in [-0.3, -0.25) is 4.79 Å². The lowest BCUT2D eigenvalue weighted by Gasteiger charge is -2.21. The molecule has 4 nitrogen and oxygen atoms in total. The Morgan fingerprint density at radius 1 is 1.36 bits per heavy atom. The summed E-state index contributed by atoms with van der Waals surface area (Å²) in [6.45, 7) is 6.00. The molecule has 0 bridgehead atoms. The Bertz CT molecular complexity index is 727. The molecular formula is C18H23N3O. The Balaban J connectivity index is 1.97. The topological polar surface area (TPSA) is 48.1 Å². The average molecular weight is 297 g/mol. The summed E-state index contributed by atoms with van der Waals surface area (Å²) in [7, 11) is 2.14. The molecule has 2 aromatic rings.